The molecular weight excluding hydrogens is 1300 g/mol. The number of carbonyl (C=O) groups is 15. The summed E-state index contributed by atoms with van der Waals surface area (Å²) in [5, 5.41) is 65.6. The molecule has 2 aromatic carbocycles. The molecule has 0 radical (unpaired) electrons. The summed E-state index contributed by atoms with van der Waals surface area (Å²) in [5.41, 5.74) is 17.7. The van der Waals surface area contributed by atoms with E-state index in [2.05, 4.69) is 71.1 Å². The number of nitrogens with zero attached hydrogens (tertiary/aromatic N) is 1. The molecule has 0 aromatic heterocycles. The first-order valence-corrected chi connectivity index (χ1v) is 32.6. The zero-order valence-corrected chi connectivity index (χ0v) is 56.5. The van der Waals surface area contributed by atoms with Crippen molar-refractivity contribution in [2.45, 2.75) is 184 Å². The van der Waals surface area contributed by atoms with Crippen molar-refractivity contribution in [1.29, 1.82) is 0 Å². The SMILES string of the molecule is CC(C)C[C@H](NC(=O)[C@H](CO)NC(=O)[C@H](C)NC(=O)[C@H](CCC(N)=O)NC(=O)[C@@H]1CCCN1C(=O)[C@H](C)NC(=O)[C@H](CCC(N)=O)NC(=O)[C@H](CC(C)C)NC(=O)[C@H](Cc1ccccc1)NC(=O)[C@@H](N)CO)C(=O)N[C@@H](CS)C(=O)N[C@@H](Cc1ccccc1)C(=O)N[C@@H](CO)C(=O)O. The van der Waals surface area contributed by atoms with Crippen LogP contribution in [0.3, 0.4) is 0 Å². The summed E-state index contributed by atoms with van der Waals surface area (Å²) >= 11 is 4.20. The van der Waals surface area contributed by atoms with Gasteiger partial charge in [-0.25, -0.2) is 4.79 Å². The van der Waals surface area contributed by atoms with Crippen LogP contribution in [0.5, 0.6) is 0 Å². The Morgan fingerprint density at radius 2 is 0.827 bits per heavy atom. The second kappa shape index (κ2) is 41.7. The summed E-state index contributed by atoms with van der Waals surface area (Å²) in [6, 6.07) is -2.25. The lowest BCUT2D eigenvalue weighted by Gasteiger charge is -2.30. The summed E-state index contributed by atoms with van der Waals surface area (Å²) in [6.45, 7) is 6.61. The van der Waals surface area contributed by atoms with Crippen LogP contribution in [-0.2, 0) is 84.8 Å². The number of aliphatic hydroxyl groups is 3. The number of aliphatic carboxylic acids is 1. The van der Waals surface area contributed by atoms with E-state index in [0.29, 0.717) is 11.1 Å². The molecule has 1 heterocycles. The first-order chi connectivity index (χ1) is 46.2. The maximum absolute atomic E-state index is 14.1. The normalized spacial score (nSPS) is 16.4. The van der Waals surface area contributed by atoms with Gasteiger partial charge in [0.15, 0.2) is 0 Å². The molecule has 3 rings (SSSR count). The Kier molecular flexibility index (Phi) is 35.3. The Hall–Kier alpha value is -9.32. The number of aliphatic hydroxyl groups excluding tert-OH is 3. The van der Waals surface area contributed by atoms with Gasteiger partial charge in [0, 0.05) is 38.0 Å². The van der Waals surface area contributed by atoms with E-state index in [4.69, 9.17) is 17.2 Å². The number of hydrogen-bond donors (Lipinski definition) is 19. The second-order valence-electron chi connectivity index (χ2n) is 24.5. The molecule has 0 aliphatic carbocycles. The zero-order chi connectivity index (χ0) is 73.5. The van der Waals surface area contributed by atoms with Crippen LogP contribution in [0.1, 0.15) is 104 Å². The first-order valence-electron chi connectivity index (χ1n) is 31.9. The lowest BCUT2D eigenvalue weighted by atomic mass is 10.00. The van der Waals surface area contributed by atoms with Crippen LogP contribution >= 0.6 is 12.6 Å². The van der Waals surface area contributed by atoms with Gasteiger partial charge in [-0.05, 0) is 75.3 Å². The number of nitrogens with one attached hydrogen (secondary N) is 11. The van der Waals surface area contributed by atoms with E-state index in [1.165, 1.54) is 13.8 Å². The molecule has 0 saturated carbocycles. The van der Waals surface area contributed by atoms with Crippen molar-refractivity contribution in [3.8, 4) is 0 Å². The summed E-state index contributed by atoms with van der Waals surface area (Å²) < 4.78 is 0. The van der Waals surface area contributed by atoms with E-state index in [-0.39, 0.29) is 69.1 Å². The van der Waals surface area contributed by atoms with E-state index < -0.39 is 206 Å². The van der Waals surface area contributed by atoms with Gasteiger partial charge in [0.2, 0.25) is 82.7 Å². The Morgan fingerprint density at radius 3 is 1.26 bits per heavy atom. The number of benzene rings is 2. The fraction of sp³-hybridized carbons (Fsp3) is 0.571. The van der Waals surface area contributed by atoms with Crippen LogP contribution in [0.2, 0.25) is 0 Å². The Balaban J connectivity index is 1.73. The lowest BCUT2D eigenvalue weighted by Crippen LogP contribution is -2.61. The van der Waals surface area contributed by atoms with Crippen molar-refractivity contribution in [2.75, 3.05) is 32.1 Å². The van der Waals surface area contributed by atoms with Crippen molar-refractivity contribution < 1.29 is 92.3 Å². The van der Waals surface area contributed by atoms with Crippen molar-refractivity contribution in [1.82, 2.24) is 63.4 Å². The number of nitrogens with two attached hydrogens (primary N) is 3. The molecule has 21 N–H and O–H groups in total. The Morgan fingerprint density at radius 1 is 0.459 bits per heavy atom. The molecule has 542 valence electrons. The molecule has 14 amide bonds. The Bertz CT molecular complexity index is 3100. The molecule has 1 aliphatic heterocycles. The van der Waals surface area contributed by atoms with Crippen LogP contribution in [0.15, 0.2) is 60.7 Å². The first kappa shape index (κ1) is 82.9. The highest BCUT2D eigenvalue weighted by Gasteiger charge is 2.40. The minimum atomic E-state index is -1.77. The number of hydrogen-bond acceptors (Lipinski definition) is 20. The Labute approximate surface area is 572 Å². The quantitative estimate of drug-likeness (QED) is 0.0275. The zero-order valence-electron chi connectivity index (χ0n) is 55.6. The molecule has 1 aliphatic rings. The van der Waals surface area contributed by atoms with Gasteiger partial charge < -0.3 is 101 Å². The molecule has 0 bridgehead atoms. The number of carboxylic acid groups (broad SMARTS) is 1. The average molecular weight is 1400 g/mol. The number of carbonyl (C=O) groups excluding carboxylic acids is 14. The fourth-order valence-electron chi connectivity index (χ4n) is 10.1. The van der Waals surface area contributed by atoms with Crippen molar-refractivity contribution in [3.05, 3.63) is 71.8 Å². The highest BCUT2D eigenvalue weighted by atomic mass is 32.1. The molecule has 98 heavy (non-hydrogen) atoms. The third-order valence-electron chi connectivity index (χ3n) is 15.4. The minimum absolute atomic E-state index is 0.0134. The number of amides is 14. The monoisotopic (exact) mass is 1400 g/mol. The number of rotatable bonds is 42. The molecule has 35 heteroatoms. The summed E-state index contributed by atoms with van der Waals surface area (Å²) in [6.07, 6.45) is -1.63. The van der Waals surface area contributed by atoms with Crippen LogP contribution in [0, 0.1) is 11.8 Å². The molecular formula is C63H95N15O19S. The number of primary amides is 2. The molecule has 2 aromatic rings. The number of carboxylic acids is 1. The van der Waals surface area contributed by atoms with Gasteiger partial charge in [-0.2, -0.15) is 12.6 Å². The van der Waals surface area contributed by atoms with Gasteiger partial charge in [-0.15, -0.1) is 0 Å². The van der Waals surface area contributed by atoms with E-state index in [1.807, 2.05) is 0 Å². The second-order valence-corrected chi connectivity index (χ2v) is 24.9. The standard InChI is InChI=1S/C63H95N15O19S/c1-32(2)24-41(72-57(90)43(71-52(85)38(64)28-79)26-36-14-9-7-10-15-36)55(88)69-39(19-21-49(65)82)54(87)68-35(6)62(95)78-23-13-18-48(78)61(94)70-40(20-22-50(66)83)53(86)67-34(5)51(84)75-45(29-80)59(92)73-42(25-33(3)4)56(89)77-47(31-98)60(93)74-44(27-37-16-11-8-12-17-37)58(91)76-46(30-81)63(96)97/h7-12,14-17,32-35,38-48,79-81,98H,13,18-31,64H2,1-6H3,(H2,65,82)(H2,66,83)(H,67,86)(H,68,87)(H,69,88)(H,70,94)(H,71,85)(H,72,90)(H,73,92)(H,74,93)(H,75,84)(H,76,91)(H,77,89)(H,96,97)/t34-,35-,38-,39-,40-,41-,42-,43-,44-,45-,46-,47-,48-/m0/s1. The smallest absolute Gasteiger partial charge is 0.328 e. The van der Waals surface area contributed by atoms with Gasteiger partial charge in [-0.1, -0.05) is 88.4 Å². The third-order valence-corrected chi connectivity index (χ3v) is 15.8. The molecule has 1 fully saturated rings. The van der Waals surface area contributed by atoms with Crippen LogP contribution in [0.4, 0.5) is 0 Å². The fourth-order valence-corrected chi connectivity index (χ4v) is 10.3. The van der Waals surface area contributed by atoms with Gasteiger partial charge in [0.05, 0.1) is 19.8 Å². The predicted octanol–water partition coefficient (Wildman–Crippen LogP) is -6.22. The lowest BCUT2D eigenvalue weighted by molar-refractivity contribution is -0.143. The van der Waals surface area contributed by atoms with Crippen molar-refractivity contribution in [3.63, 3.8) is 0 Å². The van der Waals surface area contributed by atoms with Crippen molar-refractivity contribution in [2.24, 2.45) is 29.0 Å². The summed E-state index contributed by atoms with van der Waals surface area (Å²) in [5.74, 6) is -15.4. The number of likely N-dealkylation sites (tertiary alicyclic amines) is 1. The summed E-state index contributed by atoms with van der Waals surface area (Å²) in [4.78, 5) is 202. The summed E-state index contributed by atoms with van der Waals surface area (Å²) in [7, 11) is 0. The molecule has 1 saturated heterocycles. The van der Waals surface area contributed by atoms with E-state index in [0.717, 1.165) is 4.90 Å². The maximum atomic E-state index is 14.1. The third kappa shape index (κ3) is 28.0. The van der Waals surface area contributed by atoms with Gasteiger partial charge in [0.1, 0.15) is 78.5 Å². The molecule has 0 unspecified atom stereocenters. The molecule has 13 atom stereocenters. The minimum Gasteiger partial charge on any atom is -0.480 e. The highest BCUT2D eigenvalue weighted by molar-refractivity contribution is 7.80. The van der Waals surface area contributed by atoms with E-state index in [1.54, 1.807) is 88.4 Å². The van der Waals surface area contributed by atoms with Crippen LogP contribution < -0.4 is 75.7 Å². The van der Waals surface area contributed by atoms with Gasteiger partial charge in [0.25, 0.3) is 0 Å². The van der Waals surface area contributed by atoms with E-state index in [9.17, 15) is 92.3 Å². The largest absolute Gasteiger partial charge is 0.480 e. The van der Waals surface area contributed by atoms with Gasteiger partial charge >= 0.3 is 5.97 Å². The van der Waals surface area contributed by atoms with Crippen molar-refractivity contribution >= 4 is 101 Å². The van der Waals surface area contributed by atoms with Crippen LogP contribution in [-0.4, -0.2) is 225 Å². The highest BCUT2D eigenvalue weighted by Crippen LogP contribution is 2.20. The maximum Gasteiger partial charge on any atom is 0.328 e. The molecule has 0 spiro atoms. The number of thiol groups is 1. The van der Waals surface area contributed by atoms with Crippen LogP contribution in [0.25, 0.3) is 0 Å². The average Bonchev–Trinajstić information content (AvgIpc) is 1.59. The van der Waals surface area contributed by atoms with Gasteiger partial charge in [-0.3, -0.25) is 67.1 Å². The van der Waals surface area contributed by atoms with E-state index >= 15 is 0 Å². The molecule has 34 nitrogen and oxygen atoms in total. The predicted molar refractivity (Wildman–Crippen MR) is 354 cm³/mol. The topological polar surface area (TPSA) is 551 Å².